The van der Waals surface area contributed by atoms with E-state index in [1.807, 2.05) is 37.3 Å². The molecule has 0 saturated heterocycles. The fraction of sp³-hybridized carbons (Fsp3) is 0.273. The molecule has 5 nitrogen and oxygen atoms in total. The zero-order valence-corrected chi connectivity index (χ0v) is 9.05. The standard InChI is InChI=1S/C11H14N4O/c1-2-9-13-14-10(11(16)15(9)12)8-6-4-3-5-7-8/h3-7,9,13H,2,12H2,1H3. The van der Waals surface area contributed by atoms with Crippen LogP contribution in [-0.2, 0) is 4.79 Å². The Morgan fingerprint density at radius 1 is 1.44 bits per heavy atom. The van der Waals surface area contributed by atoms with E-state index in [4.69, 9.17) is 5.84 Å². The monoisotopic (exact) mass is 218 g/mol. The number of carbonyl (C=O) groups excluding carboxylic acids is 1. The molecule has 3 N–H and O–H groups in total. The van der Waals surface area contributed by atoms with Gasteiger partial charge in [0.2, 0.25) is 0 Å². The number of amides is 1. The lowest BCUT2D eigenvalue weighted by Gasteiger charge is -2.30. The largest absolute Gasteiger partial charge is 0.290 e. The van der Waals surface area contributed by atoms with E-state index in [0.717, 1.165) is 5.56 Å². The van der Waals surface area contributed by atoms with E-state index in [0.29, 0.717) is 12.1 Å². The second kappa shape index (κ2) is 4.32. The van der Waals surface area contributed by atoms with Crippen molar-refractivity contribution in [2.75, 3.05) is 0 Å². The van der Waals surface area contributed by atoms with Gasteiger partial charge in [-0.1, -0.05) is 37.3 Å². The molecule has 0 saturated carbocycles. The average Bonchev–Trinajstić information content (AvgIpc) is 2.34. The van der Waals surface area contributed by atoms with Gasteiger partial charge in [0, 0.05) is 5.56 Å². The van der Waals surface area contributed by atoms with Crippen molar-refractivity contribution in [1.82, 2.24) is 10.4 Å². The molecule has 1 aliphatic rings. The molecule has 1 amide bonds. The summed E-state index contributed by atoms with van der Waals surface area (Å²) in [7, 11) is 0. The Balaban J connectivity index is 2.31. The van der Waals surface area contributed by atoms with Crippen LogP contribution in [0.2, 0.25) is 0 Å². The highest BCUT2D eigenvalue weighted by Crippen LogP contribution is 2.09. The molecular formula is C11H14N4O. The lowest BCUT2D eigenvalue weighted by atomic mass is 10.1. The quantitative estimate of drug-likeness (QED) is 0.558. The molecular weight excluding hydrogens is 204 g/mol. The van der Waals surface area contributed by atoms with Crippen LogP contribution in [-0.4, -0.2) is 22.8 Å². The van der Waals surface area contributed by atoms with Gasteiger partial charge < -0.3 is 0 Å². The van der Waals surface area contributed by atoms with Crippen LogP contribution < -0.4 is 11.3 Å². The van der Waals surface area contributed by atoms with E-state index < -0.39 is 0 Å². The first-order valence-corrected chi connectivity index (χ1v) is 5.21. The third kappa shape index (κ3) is 1.77. The average molecular weight is 218 g/mol. The molecule has 0 bridgehead atoms. The normalized spacial score (nSPS) is 20.4. The van der Waals surface area contributed by atoms with E-state index in [9.17, 15) is 4.79 Å². The van der Waals surface area contributed by atoms with Crippen LogP contribution in [0.5, 0.6) is 0 Å². The highest BCUT2D eigenvalue weighted by Gasteiger charge is 2.28. The van der Waals surface area contributed by atoms with Gasteiger partial charge in [-0.2, -0.15) is 5.10 Å². The number of carbonyl (C=O) groups is 1. The highest BCUT2D eigenvalue weighted by atomic mass is 16.2. The number of rotatable bonds is 2. The fourth-order valence-electron chi connectivity index (χ4n) is 1.58. The highest BCUT2D eigenvalue weighted by molar-refractivity contribution is 6.45. The van der Waals surface area contributed by atoms with Crippen LogP contribution in [0, 0.1) is 0 Å². The van der Waals surface area contributed by atoms with Crippen LogP contribution in [0.3, 0.4) is 0 Å². The zero-order chi connectivity index (χ0) is 11.5. The topological polar surface area (TPSA) is 70.7 Å². The van der Waals surface area contributed by atoms with Crippen LogP contribution >= 0.6 is 0 Å². The summed E-state index contributed by atoms with van der Waals surface area (Å²) < 4.78 is 0. The molecule has 1 unspecified atom stereocenters. The molecule has 84 valence electrons. The Bertz CT molecular complexity index is 415. The van der Waals surface area contributed by atoms with E-state index in [-0.39, 0.29) is 12.1 Å². The first-order valence-electron chi connectivity index (χ1n) is 5.21. The number of nitrogens with one attached hydrogen (secondary N) is 1. The Hall–Kier alpha value is -1.88. The summed E-state index contributed by atoms with van der Waals surface area (Å²) >= 11 is 0. The predicted octanol–water partition coefficient (Wildman–Crippen LogP) is 0.432. The number of nitrogens with two attached hydrogens (primary N) is 1. The van der Waals surface area contributed by atoms with Gasteiger partial charge in [0.05, 0.1) is 0 Å². The number of hydrogen-bond acceptors (Lipinski definition) is 4. The van der Waals surface area contributed by atoms with Crippen LogP contribution in [0.4, 0.5) is 0 Å². The van der Waals surface area contributed by atoms with Crippen molar-refractivity contribution < 1.29 is 4.79 Å². The molecule has 16 heavy (non-hydrogen) atoms. The van der Waals surface area contributed by atoms with E-state index in [1.54, 1.807) is 0 Å². The number of hydrogen-bond donors (Lipinski definition) is 2. The Kier molecular flexibility index (Phi) is 2.87. The van der Waals surface area contributed by atoms with Crippen LogP contribution in [0.15, 0.2) is 35.4 Å². The van der Waals surface area contributed by atoms with Crippen molar-refractivity contribution >= 4 is 11.6 Å². The van der Waals surface area contributed by atoms with Gasteiger partial charge >= 0.3 is 0 Å². The van der Waals surface area contributed by atoms with E-state index in [1.165, 1.54) is 5.01 Å². The van der Waals surface area contributed by atoms with Crippen molar-refractivity contribution in [3.8, 4) is 0 Å². The zero-order valence-electron chi connectivity index (χ0n) is 9.05. The summed E-state index contributed by atoms with van der Waals surface area (Å²) in [6, 6.07) is 9.27. The molecule has 1 aromatic carbocycles. The van der Waals surface area contributed by atoms with Crippen LogP contribution in [0.25, 0.3) is 0 Å². The number of hydrazine groups is 1. The fourth-order valence-corrected chi connectivity index (χ4v) is 1.58. The van der Waals surface area contributed by atoms with Gasteiger partial charge in [-0.3, -0.25) is 15.2 Å². The third-order valence-corrected chi connectivity index (χ3v) is 2.53. The summed E-state index contributed by atoms with van der Waals surface area (Å²) in [5, 5.41) is 5.27. The molecule has 1 heterocycles. The summed E-state index contributed by atoms with van der Waals surface area (Å²) in [6.07, 6.45) is 0.494. The van der Waals surface area contributed by atoms with Gasteiger partial charge in [0.25, 0.3) is 5.91 Å². The first-order chi connectivity index (χ1) is 7.74. The number of hydrazone groups is 1. The molecule has 0 aliphatic carbocycles. The minimum absolute atomic E-state index is 0.222. The first kappa shape index (κ1) is 10.6. The van der Waals surface area contributed by atoms with Crippen molar-refractivity contribution in [1.29, 1.82) is 0 Å². The summed E-state index contributed by atoms with van der Waals surface area (Å²) in [5.74, 6) is 5.45. The smallest absolute Gasteiger partial charge is 0.286 e. The van der Waals surface area contributed by atoms with Gasteiger partial charge in [0.15, 0.2) is 5.71 Å². The Morgan fingerprint density at radius 2 is 2.12 bits per heavy atom. The summed E-state index contributed by atoms with van der Waals surface area (Å²) in [5.41, 5.74) is 3.99. The molecule has 5 heteroatoms. The van der Waals surface area contributed by atoms with Crippen LogP contribution in [0.1, 0.15) is 18.9 Å². The Morgan fingerprint density at radius 3 is 2.75 bits per heavy atom. The summed E-state index contributed by atoms with van der Waals surface area (Å²) in [6.45, 7) is 1.94. The lowest BCUT2D eigenvalue weighted by molar-refractivity contribution is -0.128. The van der Waals surface area contributed by atoms with Crippen molar-refractivity contribution in [2.45, 2.75) is 19.5 Å². The lowest BCUT2D eigenvalue weighted by Crippen LogP contribution is -2.57. The second-order valence-electron chi connectivity index (χ2n) is 3.59. The number of nitrogens with zero attached hydrogens (tertiary/aromatic N) is 2. The van der Waals surface area contributed by atoms with E-state index in [2.05, 4.69) is 10.5 Å². The molecule has 1 aromatic rings. The molecule has 2 rings (SSSR count). The van der Waals surface area contributed by atoms with Crippen molar-refractivity contribution in [3.05, 3.63) is 35.9 Å². The summed E-state index contributed by atoms with van der Waals surface area (Å²) in [4.78, 5) is 11.9. The van der Waals surface area contributed by atoms with Gasteiger partial charge in [-0.05, 0) is 6.42 Å². The van der Waals surface area contributed by atoms with Crippen molar-refractivity contribution in [2.24, 2.45) is 10.9 Å². The molecule has 1 aliphatic heterocycles. The molecule has 0 radical (unpaired) electrons. The molecule has 0 aromatic heterocycles. The van der Waals surface area contributed by atoms with Crippen molar-refractivity contribution in [3.63, 3.8) is 0 Å². The SMILES string of the molecule is CCC1NN=C(c2ccccc2)C(=O)N1N. The minimum Gasteiger partial charge on any atom is -0.286 e. The van der Waals surface area contributed by atoms with Gasteiger partial charge in [0.1, 0.15) is 6.17 Å². The maximum absolute atomic E-state index is 11.9. The van der Waals surface area contributed by atoms with E-state index >= 15 is 0 Å². The van der Waals surface area contributed by atoms with Gasteiger partial charge in [-0.25, -0.2) is 5.84 Å². The number of benzene rings is 1. The molecule has 0 spiro atoms. The minimum atomic E-state index is -0.253. The molecule has 0 fully saturated rings. The Labute approximate surface area is 93.9 Å². The maximum atomic E-state index is 11.9. The second-order valence-corrected chi connectivity index (χ2v) is 3.59. The third-order valence-electron chi connectivity index (χ3n) is 2.53. The van der Waals surface area contributed by atoms with Gasteiger partial charge in [-0.15, -0.1) is 0 Å². The predicted molar refractivity (Wildman–Crippen MR) is 61.2 cm³/mol. The maximum Gasteiger partial charge on any atom is 0.290 e. The molecule has 1 atom stereocenters.